The Kier molecular flexibility index (Phi) is 4.98. The number of hydrogen-bond donors (Lipinski definition) is 2. The number of carbonyl (C=O) groups excluding carboxylic acids is 2. The van der Waals surface area contributed by atoms with Gasteiger partial charge in [-0.15, -0.1) is 11.3 Å². The first-order valence-corrected chi connectivity index (χ1v) is 8.62. The molecule has 0 aromatic carbocycles. The Morgan fingerprint density at radius 3 is 2.48 bits per heavy atom. The van der Waals surface area contributed by atoms with Crippen molar-refractivity contribution in [2.24, 2.45) is 5.92 Å². The molecule has 23 heavy (non-hydrogen) atoms. The van der Waals surface area contributed by atoms with Gasteiger partial charge < -0.3 is 15.4 Å². The highest BCUT2D eigenvalue weighted by molar-refractivity contribution is 7.13. The van der Waals surface area contributed by atoms with Crippen molar-refractivity contribution in [2.45, 2.75) is 58.6 Å². The van der Waals surface area contributed by atoms with Gasteiger partial charge in [0.15, 0.2) is 0 Å². The fourth-order valence-electron chi connectivity index (χ4n) is 2.37. The molecule has 2 amide bonds. The van der Waals surface area contributed by atoms with Crippen molar-refractivity contribution in [3.05, 3.63) is 16.1 Å². The SMILES string of the molecule is Cc1ncc(C(=O)NC(C)(CNC(=O)OC(C)(C)C)C2CC2)s1. The van der Waals surface area contributed by atoms with Crippen molar-refractivity contribution < 1.29 is 14.3 Å². The van der Waals surface area contributed by atoms with Crippen molar-refractivity contribution >= 4 is 23.3 Å². The molecule has 0 radical (unpaired) electrons. The predicted molar refractivity (Wildman–Crippen MR) is 89.7 cm³/mol. The number of hydrogen-bond acceptors (Lipinski definition) is 5. The van der Waals surface area contributed by atoms with E-state index in [2.05, 4.69) is 15.6 Å². The maximum Gasteiger partial charge on any atom is 0.407 e. The fraction of sp³-hybridized carbons (Fsp3) is 0.688. The fourth-order valence-corrected chi connectivity index (χ4v) is 3.04. The zero-order valence-electron chi connectivity index (χ0n) is 14.4. The number of ether oxygens (including phenoxy) is 1. The Labute approximate surface area is 141 Å². The van der Waals surface area contributed by atoms with Crippen molar-refractivity contribution in [1.82, 2.24) is 15.6 Å². The highest BCUT2D eigenvalue weighted by Gasteiger charge is 2.43. The molecule has 1 aromatic heterocycles. The average Bonchev–Trinajstić information content (AvgIpc) is 3.18. The summed E-state index contributed by atoms with van der Waals surface area (Å²) in [7, 11) is 0. The highest BCUT2D eigenvalue weighted by atomic mass is 32.1. The lowest BCUT2D eigenvalue weighted by atomic mass is 9.95. The quantitative estimate of drug-likeness (QED) is 0.864. The van der Waals surface area contributed by atoms with E-state index in [4.69, 9.17) is 4.74 Å². The van der Waals surface area contributed by atoms with E-state index in [0.717, 1.165) is 17.8 Å². The van der Waals surface area contributed by atoms with Crippen molar-refractivity contribution in [1.29, 1.82) is 0 Å². The van der Waals surface area contributed by atoms with Gasteiger partial charge in [-0.3, -0.25) is 4.79 Å². The smallest absolute Gasteiger partial charge is 0.407 e. The molecule has 0 aliphatic heterocycles. The summed E-state index contributed by atoms with van der Waals surface area (Å²) >= 11 is 1.37. The molecule has 1 aromatic rings. The number of carbonyl (C=O) groups is 2. The summed E-state index contributed by atoms with van der Waals surface area (Å²) in [5.74, 6) is 0.228. The number of alkyl carbamates (subject to hydrolysis) is 1. The molecular weight excluding hydrogens is 314 g/mol. The number of rotatable bonds is 5. The lowest BCUT2D eigenvalue weighted by Crippen LogP contribution is -2.55. The third-order valence-corrected chi connectivity index (χ3v) is 4.63. The van der Waals surface area contributed by atoms with Crippen LogP contribution in [0.15, 0.2) is 6.20 Å². The topological polar surface area (TPSA) is 80.3 Å². The largest absolute Gasteiger partial charge is 0.444 e. The molecule has 7 heteroatoms. The number of aromatic nitrogens is 1. The summed E-state index contributed by atoms with van der Waals surface area (Å²) < 4.78 is 5.26. The molecule has 1 aliphatic carbocycles. The molecule has 1 saturated carbocycles. The van der Waals surface area contributed by atoms with E-state index in [0.29, 0.717) is 17.3 Å². The van der Waals surface area contributed by atoms with Crippen LogP contribution in [0.5, 0.6) is 0 Å². The monoisotopic (exact) mass is 339 g/mol. The standard InChI is InChI=1S/C16H25N3O3S/c1-10-17-8-12(23-10)13(20)19-16(5,11-6-7-11)9-18-14(21)22-15(2,3)4/h8,11H,6-7,9H2,1-5H3,(H,18,21)(H,19,20). The number of aryl methyl sites for hydroxylation is 1. The molecule has 0 spiro atoms. The summed E-state index contributed by atoms with van der Waals surface area (Å²) in [4.78, 5) is 28.9. The van der Waals surface area contributed by atoms with Gasteiger partial charge >= 0.3 is 6.09 Å². The minimum atomic E-state index is -0.538. The van der Waals surface area contributed by atoms with Gasteiger partial charge in [-0.2, -0.15) is 0 Å². The Bertz CT molecular complexity index is 590. The zero-order valence-corrected chi connectivity index (χ0v) is 15.2. The second-order valence-corrected chi connectivity index (χ2v) is 8.48. The van der Waals surface area contributed by atoms with E-state index in [9.17, 15) is 9.59 Å². The first-order valence-electron chi connectivity index (χ1n) is 7.81. The van der Waals surface area contributed by atoms with E-state index in [1.165, 1.54) is 11.3 Å². The van der Waals surface area contributed by atoms with E-state index < -0.39 is 17.2 Å². The minimum Gasteiger partial charge on any atom is -0.444 e. The van der Waals surface area contributed by atoms with Crippen LogP contribution in [0.2, 0.25) is 0 Å². The molecule has 1 unspecified atom stereocenters. The van der Waals surface area contributed by atoms with Crippen LogP contribution >= 0.6 is 11.3 Å². The first kappa shape index (κ1) is 17.7. The normalized spacial score (nSPS) is 17.3. The van der Waals surface area contributed by atoms with E-state index in [-0.39, 0.29) is 5.91 Å². The van der Waals surface area contributed by atoms with Crippen molar-refractivity contribution in [2.75, 3.05) is 6.54 Å². The van der Waals surface area contributed by atoms with Crippen LogP contribution in [0.1, 0.15) is 55.2 Å². The number of nitrogens with zero attached hydrogens (tertiary/aromatic N) is 1. The lowest BCUT2D eigenvalue weighted by molar-refractivity contribution is 0.0503. The van der Waals surface area contributed by atoms with Crippen LogP contribution in [0.25, 0.3) is 0 Å². The molecule has 2 rings (SSSR count). The van der Waals surface area contributed by atoms with Crippen molar-refractivity contribution in [3.8, 4) is 0 Å². The first-order chi connectivity index (χ1) is 10.6. The van der Waals surface area contributed by atoms with Crippen LogP contribution in [-0.2, 0) is 4.74 Å². The summed E-state index contributed by atoms with van der Waals surface area (Å²) in [5, 5.41) is 6.70. The molecule has 1 heterocycles. The summed E-state index contributed by atoms with van der Waals surface area (Å²) in [6.07, 6.45) is 3.22. The number of amides is 2. The molecule has 2 N–H and O–H groups in total. The van der Waals surface area contributed by atoms with Gasteiger partial charge in [0.2, 0.25) is 0 Å². The lowest BCUT2D eigenvalue weighted by Gasteiger charge is -2.31. The zero-order chi connectivity index (χ0) is 17.3. The van der Waals surface area contributed by atoms with Gasteiger partial charge in [0.1, 0.15) is 10.5 Å². The molecule has 1 fully saturated rings. The second-order valence-electron chi connectivity index (χ2n) is 7.24. The second kappa shape index (κ2) is 6.47. The molecule has 0 bridgehead atoms. The number of thiazole rings is 1. The Morgan fingerprint density at radius 2 is 2.00 bits per heavy atom. The maximum atomic E-state index is 12.4. The Balaban J connectivity index is 1.96. The molecular formula is C16H25N3O3S. The van der Waals surface area contributed by atoms with Gasteiger partial charge in [0.05, 0.1) is 16.7 Å². The third-order valence-electron chi connectivity index (χ3n) is 3.72. The van der Waals surface area contributed by atoms with E-state index in [1.807, 2.05) is 34.6 Å². The van der Waals surface area contributed by atoms with Crippen molar-refractivity contribution in [3.63, 3.8) is 0 Å². The van der Waals surface area contributed by atoms with Gasteiger partial charge in [-0.05, 0) is 53.4 Å². The van der Waals surface area contributed by atoms with Gasteiger partial charge in [-0.25, -0.2) is 9.78 Å². The summed E-state index contributed by atoms with van der Waals surface area (Å²) in [5.41, 5.74) is -1.02. The van der Waals surface area contributed by atoms with Crippen LogP contribution in [0.4, 0.5) is 4.79 Å². The van der Waals surface area contributed by atoms with Crippen LogP contribution in [0.3, 0.4) is 0 Å². The minimum absolute atomic E-state index is 0.143. The Hall–Kier alpha value is -1.63. The van der Waals surface area contributed by atoms with Crippen LogP contribution in [0, 0.1) is 12.8 Å². The van der Waals surface area contributed by atoms with E-state index >= 15 is 0 Å². The third kappa shape index (κ3) is 5.20. The Morgan fingerprint density at radius 1 is 1.35 bits per heavy atom. The molecule has 6 nitrogen and oxygen atoms in total. The molecule has 1 atom stereocenters. The number of nitrogens with one attached hydrogen (secondary N) is 2. The molecule has 0 saturated heterocycles. The molecule has 1 aliphatic rings. The summed E-state index contributed by atoms with van der Waals surface area (Å²) in [6, 6.07) is 0. The maximum absolute atomic E-state index is 12.4. The molecule has 128 valence electrons. The summed E-state index contributed by atoms with van der Waals surface area (Å²) in [6.45, 7) is 9.64. The average molecular weight is 339 g/mol. The van der Waals surface area contributed by atoms with Crippen LogP contribution < -0.4 is 10.6 Å². The van der Waals surface area contributed by atoms with Gasteiger partial charge in [0, 0.05) is 6.54 Å². The highest BCUT2D eigenvalue weighted by Crippen LogP contribution is 2.39. The van der Waals surface area contributed by atoms with E-state index in [1.54, 1.807) is 6.20 Å². The van der Waals surface area contributed by atoms with Crippen LogP contribution in [-0.4, -0.2) is 34.7 Å². The van der Waals surface area contributed by atoms with Gasteiger partial charge in [-0.1, -0.05) is 0 Å². The predicted octanol–water partition coefficient (Wildman–Crippen LogP) is 2.87. The van der Waals surface area contributed by atoms with Gasteiger partial charge in [0.25, 0.3) is 5.91 Å².